The molecule has 0 N–H and O–H groups in total. The van der Waals surface area contributed by atoms with Crippen LogP contribution in [0.3, 0.4) is 0 Å². The van der Waals surface area contributed by atoms with Crippen LogP contribution in [0.1, 0.15) is 36.8 Å². The number of rotatable bonds is 5. The van der Waals surface area contributed by atoms with Crippen LogP contribution in [0.15, 0.2) is 51.4 Å². The number of hydrogen-bond acceptors (Lipinski definition) is 4. The van der Waals surface area contributed by atoms with Gasteiger partial charge in [0.05, 0.1) is 5.56 Å². The molecule has 0 atom stereocenters. The first-order valence-corrected chi connectivity index (χ1v) is 8.64. The van der Waals surface area contributed by atoms with Crippen molar-refractivity contribution in [3.8, 4) is 17.2 Å². The zero-order valence-electron chi connectivity index (χ0n) is 13.9. The topological polar surface area (TPSA) is 48.2 Å². The number of benzene rings is 2. The Morgan fingerprint density at radius 1 is 1.12 bits per heavy atom. The van der Waals surface area contributed by atoms with Gasteiger partial charge in [-0.25, -0.2) is 0 Å². The van der Waals surface area contributed by atoms with Crippen molar-refractivity contribution in [2.24, 2.45) is 0 Å². The van der Waals surface area contributed by atoms with E-state index in [0.29, 0.717) is 17.7 Å². The van der Waals surface area contributed by atoms with E-state index in [0.717, 1.165) is 21.3 Å². The molecule has 2 aromatic carbocycles. The van der Waals surface area contributed by atoms with Gasteiger partial charge in [0, 0.05) is 4.47 Å². The third kappa shape index (κ3) is 3.67. The molecule has 0 spiro atoms. The molecule has 1 heterocycles. The molecule has 5 heteroatoms. The molecule has 0 fully saturated rings. The second-order valence-corrected chi connectivity index (χ2v) is 6.82. The van der Waals surface area contributed by atoms with Crippen LogP contribution in [-0.4, -0.2) is 10.2 Å². The molecule has 0 amide bonds. The number of hydrogen-bond donors (Lipinski definition) is 0. The van der Waals surface area contributed by atoms with Gasteiger partial charge in [-0.3, -0.25) is 0 Å². The SMILES string of the molecule is Cc1ccc(C(C)C)c(OCc2nnc(-c3ccccc3Br)o2)c1. The number of aryl methyl sites for hydroxylation is 1. The molecule has 1 aromatic heterocycles. The summed E-state index contributed by atoms with van der Waals surface area (Å²) in [6.45, 7) is 6.60. The molecule has 3 aromatic rings. The average molecular weight is 387 g/mol. The molecular formula is C19H19BrN2O2. The van der Waals surface area contributed by atoms with Crippen molar-refractivity contribution < 1.29 is 9.15 Å². The molecule has 0 bridgehead atoms. The molecule has 0 unspecified atom stereocenters. The van der Waals surface area contributed by atoms with Crippen LogP contribution < -0.4 is 4.74 Å². The van der Waals surface area contributed by atoms with Crippen LogP contribution in [0.2, 0.25) is 0 Å². The van der Waals surface area contributed by atoms with Gasteiger partial charge in [-0.05, 0) is 58.1 Å². The van der Waals surface area contributed by atoms with E-state index in [1.54, 1.807) is 0 Å². The van der Waals surface area contributed by atoms with Gasteiger partial charge in [0.1, 0.15) is 5.75 Å². The lowest BCUT2D eigenvalue weighted by Crippen LogP contribution is -2.00. The van der Waals surface area contributed by atoms with Crippen molar-refractivity contribution >= 4 is 15.9 Å². The second kappa shape index (κ2) is 7.18. The highest BCUT2D eigenvalue weighted by molar-refractivity contribution is 9.10. The van der Waals surface area contributed by atoms with Gasteiger partial charge in [-0.2, -0.15) is 0 Å². The fraction of sp³-hybridized carbons (Fsp3) is 0.263. The molecule has 0 aliphatic heterocycles. The molecule has 24 heavy (non-hydrogen) atoms. The normalized spacial score (nSPS) is 11.0. The van der Waals surface area contributed by atoms with Crippen molar-refractivity contribution in [3.05, 3.63) is 64.0 Å². The summed E-state index contributed by atoms with van der Waals surface area (Å²) in [5.74, 6) is 2.19. The lowest BCUT2D eigenvalue weighted by atomic mass is 10.0. The highest BCUT2D eigenvalue weighted by Gasteiger charge is 2.13. The zero-order valence-corrected chi connectivity index (χ0v) is 15.5. The van der Waals surface area contributed by atoms with E-state index in [-0.39, 0.29) is 6.61 Å². The zero-order chi connectivity index (χ0) is 17.1. The average Bonchev–Trinajstić information content (AvgIpc) is 3.02. The number of ether oxygens (including phenoxy) is 1. The van der Waals surface area contributed by atoms with Crippen LogP contribution in [0, 0.1) is 6.92 Å². The van der Waals surface area contributed by atoms with Gasteiger partial charge >= 0.3 is 0 Å². The first-order chi connectivity index (χ1) is 11.5. The summed E-state index contributed by atoms with van der Waals surface area (Å²) in [7, 11) is 0. The summed E-state index contributed by atoms with van der Waals surface area (Å²) in [4.78, 5) is 0. The first-order valence-electron chi connectivity index (χ1n) is 7.85. The maximum Gasteiger partial charge on any atom is 0.254 e. The van der Waals surface area contributed by atoms with Gasteiger partial charge in [-0.1, -0.05) is 38.1 Å². The second-order valence-electron chi connectivity index (χ2n) is 5.97. The standard InChI is InChI=1S/C19H19BrN2O2/c1-12(2)14-9-8-13(3)10-17(14)23-11-18-21-22-19(24-18)15-6-4-5-7-16(15)20/h4-10,12H,11H2,1-3H3. The Labute approximate surface area is 150 Å². The summed E-state index contributed by atoms with van der Waals surface area (Å²) in [5, 5.41) is 8.19. The molecule has 124 valence electrons. The Kier molecular flexibility index (Phi) is 5.00. The first kappa shape index (κ1) is 16.7. The Morgan fingerprint density at radius 2 is 1.92 bits per heavy atom. The van der Waals surface area contributed by atoms with Crippen molar-refractivity contribution in [3.63, 3.8) is 0 Å². The van der Waals surface area contributed by atoms with Crippen LogP contribution in [0.5, 0.6) is 5.75 Å². The minimum Gasteiger partial charge on any atom is -0.484 e. The lowest BCUT2D eigenvalue weighted by molar-refractivity contribution is 0.261. The molecule has 4 nitrogen and oxygen atoms in total. The third-order valence-corrected chi connectivity index (χ3v) is 4.40. The maximum absolute atomic E-state index is 5.94. The number of halogens is 1. The van der Waals surface area contributed by atoms with E-state index in [2.05, 4.69) is 59.0 Å². The van der Waals surface area contributed by atoms with Gasteiger partial charge in [0.15, 0.2) is 6.61 Å². The highest BCUT2D eigenvalue weighted by Crippen LogP contribution is 2.29. The minimum atomic E-state index is 0.251. The molecule has 0 saturated carbocycles. The predicted molar refractivity (Wildman–Crippen MR) is 97.0 cm³/mol. The molecular weight excluding hydrogens is 368 g/mol. The highest BCUT2D eigenvalue weighted by atomic mass is 79.9. The number of nitrogens with zero attached hydrogens (tertiary/aromatic N) is 2. The summed E-state index contributed by atoms with van der Waals surface area (Å²) in [6, 6.07) is 14.0. The predicted octanol–water partition coefficient (Wildman–Crippen LogP) is 5.51. The van der Waals surface area contributed by atoms with Crippen molar-refractivity contribution in [1.82, 2.24) is 10.2 Å². The van der Waals surface area contributed by atoms with E-state index in [1.807, 2.05) is 30.3 Å². The minimum absolute atomic E-state index is 0.251. The quantitative estimate of drug-likeness (QED) is 0.579. The smallest absolute Gasteiger partial charge is 0.254 e. The van der Waals surface area contributed by atoms with E-state index in [9.17, 15) is 0 Å². The van der Waals surface area contributed by atoms with Gasteiger partial charge in [0.25, 0.3) is 5.89 Å². The van der Waals surface area contributed by atoms with E-state index >= 15 is 0 Å². The van der Waals surface area contributed by atoms with Crippen LogP contribution in [0.4, 0.5) is 0 Å². The fourth-order valence-electron chi connectivity index (χ4n) is 2.44. The summed E-state index contributed by atoms with van der Waals surface area (Å²) >= 11 is 3.49. The van der Waals surface area contributed by atoms with Crippen molar-refractivity contribution in [1.29, 1.82) is 0 Å². The van der Waals surface area contributed by atoms with Gasteiger partial charge in [-0.15, -0.1) is 10.2 Å². The molecule has 0 saturated heterocycles. The van der Waals surface area contributed by atoms with Crippen LogP contribution in [0.25, 0.3) is 11.5 Å². The molecule has 0 radical (unpaired) electrons. The lowest BCUT2D eigenvalue weighted by Gasteiger charge is -2.13. The Hall–Kier alpha value is -2.14. The summed E-state index contributed by atoms with van der Waals surface area (Å²) in [5.41, 5.74) is 3.20. The van der Waals surface area contributed by atoms with E-state index < -0.39 is 0 Å². The summed E-state index contributed by atoms with van der Waals surface area (Å²) < 4.78 is 12.6. The summed E-state index contributed by atoms with van der Waals surface area (Å²) in [6.07, 6.45) is 0. The monoisotopic (exact) mass is 386 g/mol. The van der Waals surface area contributed by atoms with Crippen molar-refractivity contribution in [2.75, 3.05) is 0 Å². The van der Waals surface area contributed by atoms with E-state index in [4.69, 9.17) is 9.15 Å². The van der Waals surface area contributed by atoms with Crippen molar-refractivity contribution in [2.45, 2.75) is 33.3 Å². The Morgan fingerprint density at radius 3 is 2.67 bits per heavy atom. The van der Waals surface area contributed by atoms with Gasteiger partial charge < -0.3 is 9.15 Å². The Bertz CT molecular complexity index is 843. The number of aromatic nitrogens is 2. The molecule has 0 aliphatic rings. The van der Waals surface area contributed by atoms with Crippen LogP contribution in [-0.2, 0) is 6.61 Å². The largest absolute Gasteiger partial charge is 0.484 e. The van der Waals surface area contributed by atoms with Crippen LogP contribution >= 0.6 is 15.9 Å². The van der Waals surface area contributed by atoms with E-state index in [1.165, 1.54) is 5.56 Å². The molecule has 0 aliphatic carbocycles. The Balaban J connectivity index is 1.77. The molecule has 3 rings (SSSR count). The third-order valence-electron chi connectivity index (χ3n) is 3.71. The maximum atomic E-state index is 5.94. The van der Waals surface area contributed by atoms with Gasteiger partial charge in [0.2, 0.25) is 5.89 Å². The fourth-order valence-corrected chi connectivity index (χ4v) is 2.89.